The number of para-hydroxylation sites is 1. The maximum atomic E-state index is 13.0. The minimum atomic E-state index is -0.747. The second-order valence-corrected chi connectivity index (χ2v) is 6.43. The van der Waals surface area contributed by atoms with Gasteiger partial charge in [-0.2, -0.15) is 0 Å². The maximum absolute atomic E-state index is 13.0. The minimum absolute atomic E-state index is 0.0950. The van der Waals surface area contributed by atoms with Crippen LogP contribution >= 0.6 is 0 Å². The average molecular weight is 391 g/mol. The summed E-state index contributed by atoms with van der Waals surface area (Å²) in [6.45, 7) is 1.73. The maximum Gasteiger partial charge on any atom is 0.352 e. The molecule has 2 aromatic carbocycles. The van der Waals surface area contributed by atoms with E-state index < -0.39 is 5.97 Å². The van der Waals surface area contributed by atoms with Crippen molar-refractivity contribution in [2.45, 2.75) is 13.3 Å². The Morgan fingerprint density at radius 1 is 1.00 bits per heavy atom. The van der Waals surface area contributed by atoms with Crippen molar-refractivity contribution in [1.82, 2.24) is 9.36 Å². The SMILES string of the molecule is COC(=O)C(CC(=O)c1ccccc1)=Nc1c(C)n(C)n(-c2ccccc2)c1=O. The molecule has 0 aliphatic heterocycles. The average Bonchev–Trinajstić information content (AvgIpc) is 2.96. The molecule has 148 valence electrons. The third-order valence-electron chi connectivity index (χ3n) is 4.62. The van der Waals surface area contributed by atoms with Gasteiger partial charge in [-0.1, -0.05) is 48.5 Å². The van der Waals surface area contributed by atoms with E-state index in [2.05, 4.69) is 4.99 Å². The van der Waals surface area contributed by atoms with E-state index >= 15 is 0 Å². The number of benzene rings is 2. The van der Waals surface area contributed by atoms with Crippen LogP contribution in [0.1, 0.15) is 22.5 Å². The van der Waals surface area contributed by atoms with E-state index in [1.54, 1.807) is 61.1 Å². The Hall–Kier alpha value is -3.74. The summed E-state index contributed by atoms with van der Waals surface area (Å²) < 4.78 is 7.90. The number of nitrogens with zero attached hydrogens (tertiary/aromatic N) is 3. The van der Waals surface area contributed by atoms with Gasteiger partial charge in [-0.3, -0.25) is 14.3 Å². The molecule has 0 bridgehead atoms. The van der Waals surface area contributed by atoms with Crippen LogP contribution in [0.4, 0.5) is 5.69 Å². The lowest BCUT2D eigenvalue weighted by Gasteiger charge is -2.07. The normalized spacial score (nSPS) is 11.3. The monoisotopic (exact) mass is 391 g/mol. The Bertz CT molecular complexity index is 1130. The Morgan fingerprint density at radius 3 is 2.17 bits per heavy atom. The van der Waals surface area contributed by atoms with E-state index in [0.29, 0.717) is 16.9 Å². The molecular weight excluding hydrogens is 370 g/mol. The van der Waals surface area contributed by atoms with E-state index in [1.165, 1.54) is 11.8 Å². The van der Waals surface area contributed by atoms with Gasteiger partial charge in [0.2, 0.25) is 0 Å². The molecule has 0 saturated heterocycles. The molecule has 3 aromatic rings. The lowest BCUT2D eigenvalue weighted by atomic mass is 10.1. The Morgan fingerprint density at radius 2 is 1.59 bits per heavy atom. The summed E-state index contributed by atoms with van der Waals surface area (Å²) in [5.41, 5.74) is 1.28. The highest BCUT2D eigenvalue weighted by molar-refractivity contribution is 6.41. The van der Waals surface area contributed by atoms with Crippen LogP contribution in [0, 0.1) is 6.92 Å². The Balaban J connectivity index is 2.06. The van der Waals surface area contributed by atoms with Crippen molar-refractivity contribution in [3.63, 3.8) is 0 Å². The van der Waals surface area contributed by atoms with Crippen molar-refractivity contribution in [3.8, 4) is 5.69 Å². The molecule has 29 heavy (non-hydrogen) atoms. The highest BCUT2D eigenvalue weighted by atomic mass is 16.5. The molecular formula is C22H21N3O4. The number of aliphatic imine (C=N–C) groups is 1. The molecule has 0 radical (unpaired) electrons. The highest BCUT2D eigenvalue weighted by Crippen LogP contribution is 2.18. The Kier molecular flexibility index (Phi) is 5.87. The van der Waals surface area contributed by atoms with Crippen LogP contribution < -0.4 is 5.56 Å². The third-order valence-corrected chi connectivity index (χ3v) is 4.62. The number of hydrogen-bond donors (Lipinski definition) is 0. The molecule has 0 amide bonds. The van der Waals surface area contributed by atoms with Crippen molar-refractivity contribution in [1.29, 1.82) is 0 Å². The van der Waals surface area contributed by atoms with E-state index in [-0.39, 0.29) is 29.2 Å². The van der Waals surface area contributed by atoms with Crippen molar-refractivity contribution in [2.24, 2.45) is 12.0 Å². The first-order valence-electron chi connectivity index (χ1n) is 9.02. The number of ketones is 1. The number of methoxy groups -OCH3 is 1. The molecule has 3 rings (SSSR count). The smallest absolute Gasteiger partial charge is 0.352 e. The van der Waals surface area contributed by atoms with Gasteiger partial charge in [0.25, 0.3) is 5.56 Å². The van der Waals surface area contributed by atoms with Gasteiger partial charge >= 0.3 is 5.97 Å². The van der Waals surface area contributed by atoms with Gasteiger partial charge in [0.1, 0.15) is 5.71 Å². The zero-order chi connectivity index (χ0) is 21.0. The molecule has 0 unspecified atom stereocenters. The first-order chi connectivity index (χ1) is 13.9. The van der Waals surface area contributed by atoms with Crippen LogP contribution in [-0.2, 0) is 16.6 Å². The van der Waals surface area contributed by atoms with Gasteiger partial charge in [-0.25, -0.2) is 14.5 Å². The number of ether oxygens (including phenoxy) is 1. The molecule has 7 nitrogen and oxygen atoms in total. The molecule has 1 heterocycles. The predicted octanol–water partition coefficient (Wildman–Crippen LogP) is 3.00. The molecule has 0 saturated carbocycles. The highest BCUT2D eigenvalue weighted by Gasteiger charge is 2.22. The number of carbonyl (C=O) groups excluding carboxylic acids is 2. The molecule has 1 aromatic heterocycles. The molecule has 0 aliphatic carbocycles. The van der Waals surface area contributed by atoms with Crippen molar-refractivity contribution in [2.75, 3.05) is 7.11 Å². The fraction of sp³-hybridized carbons (Fsp3) is 0.182. The molecule has 0 aliphatic rings. The fourth-order valence-corrected chi connectivity index (χ4v) is 2.97. The van der Waals surface area contributed by atoms with E-state index in [4.69, 9.17) is 4.74 Å². The lowest BCUT2D eigenvalue weighted by molar-refractivity contribution is -0.132. The molecule has 0 spiro atoms. The predicted molar refractivity (Wildman–Crippen MR) is 110 cm³/mol. The minimum Gasteiger partial charge on any atom is -0.465 e. The first-order valence-corrected chi connectivity index (χ1v) is 9.02. The summed E-state index contributed by atoms with van der Waals surface area (Å²) >= 11 is 0. The molecule has 0 atom stereocenters. The zero-order valence-corrected chi connectivity index (χ0v) is 16.5. The largest absolute Gasteiger partial charge is 0.465 e. The number of rotatable bonds is 6. The van der Waals surface area contributed by atoms with E-state index in [0.717, 1.165) is 0 Å². The topological polar surface area (TPSA) is 82.7 Å². The lowest BCUT2D eigenvalue weighted by Crippen LogP contribution is -2.21. The number of aromatic nitrogens is 2. The number of carbonyl (C=O) groups is 2. The van der Waals surface area contributed by atoms with Crippen LogP contribution in [0.15, 0.2) is 70.5 Å². The summed E-state index contributed by atoms with van der Waals surface area (Å²) in [7, 11) is 2.95. The van der Waals surface area contributed by atoms with Crippen molar-refractivity contribution >= 4 is 23.2 Å². The fourth-order valence-electron chi connectivity index (χ4n) is 2.97. The molecule has 0 N–H and O–H groups in total. The van der Waals surface area contributed by atoms with Gasteiger partial charge < -0.3 is 4.74 Å². The van der Waals surface area contributed by atoms with Crippen molar-refractivity contribution in [3.05, 3.63) is 82.3 Å². The van der Waals surface area contributed by atoms with Gasteiger partial charge in [-0.05, 0) is 19.1 Å². The van der Waals surface area contributed by atoms with Gasteiger partial charge in [0.05, 0.1) is 24.9 Å². The Labute approximate surface area is 167 Å². The van der Waals surface area contributed by atoms with Gasteiger partial charge in [0.15, 0.2) is 11.5 Å². The third kappa shape index (κ3) is 4.08. The van der Waals surface area contributed by atoms with Crippen molar-refractivity contribution < 1.29 is 14.3 Å². The summed E-state index contributed by atoms with van der Waals surface area (Å²) in [5, 5.41) is 0. The van der Waals surface area contributed by atoms with Crippen LogP contribution in [0.25, 0.3) is 5.69 Å². The number of hydrogen-bond acceptors (Lipinski definition) is 5. The van der Waals surface area contributed by atoms with Crippen LogP contribution in [0.3, 0.4) is 0 Å². The standard InChI is InChI=1S/C22H21N3O4/c1-15-20(21(27)25(24(15)2)17-12-8-5-9-13-17)23-18(22(28)29-3)14-19(26)16-10-6-4-7-11-16/h4-13H,14H2,1-3H3. The molecule has 0 fully saturated rings. The summed E-state index contributed by atoms with van der Waals surface area (Å²) in [4.78, 5) is 42.1. The summed E-state index contributed by atoms with van der Waals surface area (Å²) in [5.74, 6) is -1.03. The summed E-state index contributed by atoms with van der Waals surface area (Å²) in [6.07, 6.45) is -0.268. The second-order valence-electron chi connectivity index (χ2n) is 6.43. The zero-order valence-electron chi connectivity index (χ0n) is 16.5. The first kappa shape index (κ1) is 20.0. The van der Waals surface area contributed by atoms with Crippen LogP contribution in [-0.4, -0.2) is 33.9 Å². The van der Waals surface area contributed by atoms with Crippen LogP contribution in [0.2, 0.25) is 0 Å². The quantitative estimate of drug-likeness (QED) is 0.367. The van der Waals surface area contributed by atoms with E-state index in [1.807, 2.05) is 18.2 Å². The number of esters is 1. The van der Waals surface area contributed by atoms with E-state index in [9.17, 15) is 14.4 Å². The van der Waals surface area contributed by atoms with Gasteiger partial charge in [-0.15, -0.1) is 0 Å². The molecule has 7 heteroatoms. The summed E-state index contributed by atoms with van der Waals surface area (Å²) in [6, 6.07) is 17.7. The van der Waals surface area contributed by atoms with Gasteiger partial charge in [0, 0.05) is 12.6 Å². The van der Waals surface area contributed by atoms with Crippen LogP contribution in [0.5, 0.6) is 0 Å². The second kappa shape index (κ2) is 8.52. The number of Topliss-reactive ketones (excluding diaryl/α,β-unsaturated/α-hetero) is 1.